The third kappa shape index (κ3) is 2.79. The van der Waals surface area contributed by atoms with Crippen LogP contribution in [0.1, 0.15) is 5.56 Å². The molecule has 0 fully saturated rings. The Kier molecular flexibility index (Phi) is 4.88. The third-order valence-corrected chi connectivity index (χ3v) is 4.51. The van der Waals surface area contributed by atoms with E-state index in [2.05, 4.69) is 0 Å². The van der Waals surface area contributed by atoms with E-state index < -0.39 is 5.78 Å². The molecule has 0 N–H and O–H groups in total. The highest BCUT2D eigenvalue weighted by atomic mass is 16.5. The van der Waals surface area contributed by atoms with Crippen LogP contribution >= 0.6 is 0 Å². The predicted octanol–water partition coefficient (Wildman–Crippen LogP) is 1.84. The molecule has 0 amide bonds. The summed E-state index contributed by atoms with van der Waals surface area (Å²) in [5.41, 5.74) is 1.17. The van der Waals surface area contributed by atoms with E-state index in [0.29, 0.717) is 29.2 Å². The lowest BCUT2D eigenvalue weighted by atomic mass is 9.84. The van der Waals surface area contributed by atoms with Gasteiger partial charge in [-0.05, 0) is 18.1 Å². The molecule has 0 spiro atoms. The number of rotatable bonds is 5. The molecular formula is C19H20O7. The Morgan fingerprint density at radius 2 is 1.77 bits per heavy atom. The summed E-state index contributed by atoms with van der Waals surface area (Å²) >= 11 is 0. The second-order valence-corrected chi connectivity index (χ2v) is 5.85. The number of hydrogen-bond acceptors (Lipinski definition) is 7. The number of methoxy groups -OCH3 is 4. The van der Waals surface area contributed by atoms with E-state index in [9.17, 15) is 9.59 Å². The summed E-state index contributed by atoms with van der Waals surface area (Å²) in [4.78, 5) is 25.0. The van der Waals surface area contributed by atoms with Crippen molar-refractivity contribution in [2.45, 2.75) is 6.42 Å². The van der Waals surface area contributed by atoms with Crippen molar-refractivity contribution in [1.82, 2.24) is 0 Å². The molecule has 1 aromatic rings. The van der Waals surface area contributed by atoms with Crippen LogP contribution in [-0.2, 0) is 25.5 Å². The van der Waals surface area contributed by atoms with E-state index in [1.54, 1.807) is 20.3 Å². The average Bonchev–Trinajstić information content (AvgIpc) is 2.67. The van der Waals surface area contributed by atoms with Gasteiger partial charge in [-0.2, -0.15) is 0 Å². The van der Waals surface area contributed by atoms with E-state index in [4.69, 9.17) is 23.7 Å². The van der Waals surface area contributed by atoms with Crippen molar-refractivity contribution < 1.29 is 33.3 Å². The Morgan fingerprint density at radius 3 is 2.38 bits per heavy atom. The largest absolute Gasteiger partial charge is 0.493 e. The number of fused-ring (bicyclic) bond motifs is 1. The highest BCUT2D eigenvalue weighted by Crippen LogP contribution is 2.44. The number of ether oxygens (including phenoxy) is 5. The lowest BCUT2D eigenvalue weighted by Gasteiger charge is -2.30. The maximum absolute atomic E-state index is 12.6. The van der Waals surface area contributed by atoms with E-state index in [1.807, 2.05) is 6.07 Å². The minimum Gasteiger partial charge on any atom is -0.493 e. The Bertz CT molecular complexity index is 819. The van der Waals surface area contributed by atoms with E-state index in [0.717, 1.165) is 5.56 Å². The van der Waals surface area contributed by atoms with Crippen LogP contribution in [0.3, 0.4) is 0 Å². The maximum atomic E-state index is 12.6. The normalized spacial score (nSPS) is 19.4. The maximum Gasteiger partial charge on any atom is 0.262 e. The summed E-state index contributed by atoms with van der Waals surface area (Å²) in [6.07, 6.45) is 1.71. The van der Waals surface area contributed by atoms with Gasteiger partial charge in [0, 0.05) is 12.0 Å². The summed E-state index contributed by atoms with van der Waals surface area (Å²) in [6, 6.07) is 3.65. The molecular weight excluding hydrogens is 340 g/mol. The molecule has 0 saturated carbocycles. The molecule has 0 unspecified atom stereocenters. The van der Waals surface area contributed by atoms with E-state index >= 15 is 0 Å². The van der Waals surface area contributed by atoms with Gasteiger partial charge in [-0.1, -0.05) is 6.07 Å². The zero-order valence-corrected chi connectivity index (χ0v) is 15.1. The highest BCUT2D eigenvalue weighted by molar-refractivity contribution is 6.21. The van der Waals surface area contributed by atoms with Crippen LogP contribution < -0.4 is 14.2 Å². The zero-order chi connectivity index (χ0) is 18.8. The van der Waals surface area contributed by atoms with Crippen LogP contribution in [0.15, 0.2) is 35.3 Å². The fourth-order valence-corrected chi connectivity index (χ4v) is 3.30. The molecule has 1 aliphatic carbocycles. The van der Waals surface area contributed by atoms with Crippen molar-refractivity contribution in [3.63, 3.8) is 0 Å². The molecule has 1 aromatic carbocycles. The summed E-state index contributed by atoms with van der Waals surface area (Å²) in [6.45, 7) is 0.216. The Labute approximate surface area is 151 Å². The summed E-state index contributed by atoms with van der Waals surface area (Å²) in [7, 11) is 5.80. The second-order valence-electron chi connectivity index (χ2n) is 5.85. The molecule has 0 aromatic heterocycles. The Morgan fingerprint density at radius 1 is 1.00 bits per heavy atom. The van der Waals surface area contributed by atoms with Crippen molar-refractivity contribution in [2.24, 2.45) is 5.92 Å². The van der Waals surface area contributed by atoms with Crippen molar-refractivity contribution in [3.05, 3.63) is 40.9 Å². The van der Waals surface area contributed by atoms with Gasteiger partial charge in [-0.25, -0.2) is 0 Å². The van der Waals surface area contributed by atoms with Crippen molar-refractivity contribution in [3.8, 4) is 17.2 Å². The van der Waals surface area contributed by atoms with Gasteiger partial charge in [0.2, 0.25) is 5.75 Å². The van der Waals surface area contributed by atoms with Crippen LogP contribution in [0.4, 0.5) is 0 Å². The van der Waals surface area contributed by atoms with E-state index in [1.165, 1.54) is 20.3 Å². The molecule has 7 heteroatoms. The minimum absolute atomic E-state index is 0.00637. The molecule has 3 rings (SSSR count). The number of hydrogen-bond donors (Lipinski definition) is 0. The van der Waals surface area contributed by atoms with Gasteiger partial charge >= 0.3 is 0 Å². The lowest BCUT2D eigenvalue weighted by molar-refractivity contribution is -0.121. The topological polar surface area (TPSA) is 80.3 Å². The number of benzene rings is 1. The van der Waals surface area contributed by atoms with Crippen molar-refractivity contribution >= 4 is 11.6 Å². The van der Waals surface area contributed by atoms with Gasteiger partial charge < -0.3 is 23.7 Å². The van der Waals surface area contributed by atoms with Crippen LogP contribution in [0.5, 0.6) is 17.2 Å². The first-order valence-electron chi connectivity index (χ1n) is 8.05. The number of carbonyl (C=O) groups excluding carboxylic acids is 2. The molecule has 138 valence electrons. The van der Waals surface area contributed by atoms with Crippen LogP contribution in [-0.4, -0.2) is 46.6 Å². The van der Waals surface area contributed by atoms with Crippen LogP contribution in [0.25, 0.3) is 0 Å². The molecule has 1 atom stereocenters. The zero-order valence-electron chi connectivity index (χ0n) is 15.1. The average molecular weight is 360 g/mol. The van der Waals surface area contributed by atoms with Gasteiger partial charge in [-0.15, -0.1) is 0 Å². The van der Waals surface area contributed by atoms with Crippen molar-refractivity contribution in [1.29, 1.82) is 0 Å². The van der Waals surface area contributed by atoms with Crippen molar-refractivity contribution in [2.75, 3.05) is 35.0 Å². The molecule has 0 bridgehead atoms. The first-order chi connectivity index (χ1) is 12.5. The molecule has 0 saturated heterocycles. The standard InChI is InChI=1S/C19H20O7/c1-22-13-6-5-10-7-11(9-26-17(10)18(13)24-3)15-12(20)8-14(23-2)16(21)19(15)25-4/h5-6,8,11H,7,9H2,1-4H3/t11-/m1/s1. The number of ketones is 2. The summed E-state index contributed by atoms with van der Waals surface area (Å²) < 4.78 is 26.7. The van der Waals surface area contributed by atoms with Crippen LogP contribution in [0, 0.1) is 5.92 Å². The smallest absolute Gasteiger partial charge is 0.262 e. The molecule has 1 heterocycles. The van der Waals surface area contributed by atoms with Gasteiger partial charge in [0.05, 0.1) is 40.6 Å². The number of Topliss-reactive ketones (excluding diaryl/α,β-unsaturated/α-hetero) is 1. The van der Waals surface area contributed by atoms with Gasteiger partial charge in [0.25, 0.3) is 5.78 Å². The van der Waals surface area contributed by atoms with Gasteiger partial charge in [-0.3, -0.25) is 9.59 Å². The highest BCUT2D eigenvalue weighted by Gasteiger charge is 2.37. The monoisotopic (exact) mass is 360 g/mol. The van der Waals surface area contributed by atoms with Crippen LogP contribution in [0.2, 0.25) is 0 Å². The first kappa shape index (κ1) is 17.8. The molecule has 7 nitrogen and oxygen atoms in total. The lowest BCUT2D eigenvalue weighted by Crippen LogP contribution is -2.31. The van der Waals surface area contributed by atoms with E-state index in [-0.39, 0.29) is 29.8 Å². The summed E-state index contributed by atoms with van der Waals surface area (Å²) in [5, 5.41) is 0. The fourth-order valence-electron chi connectivity index (χ4n) is 3.30. The van der Waals surface area contributed by atoms with Gasteiger partial charge in [0.1, 0.15) is 0 Å². The second kappa shape index (κ2) is 7.11. The molecule has 0 radical (unpaired) electrons. The summed E-state index contributed by atoms with van der Waals surface area (Å²) in [5.74, 6) is 0.576. The Hall–Kier alpha value is -2.96. The number of allylic oxidation sites excluding steroid dienone is 1. The molecule has 1 aliphatic heterocycles. The minimum atomic E-state index is -0.442. The first-order valence-corrected chi connectivity index (χ1v) is 8.05. The molecule has 2 aliphatic rings. The SMILES string of the molecule is COC1=CC(=O)C([C@H]2COc3c(ccc(OC)c3OC)C2)=C(OC)C1=O. The fraction of sp³-hybridized carbons (Fsp3) is 0.368. The molecule has 26 heavy (non-hydrogen) atoms. The Balaban J connectivity index is 1.98. The predicted molar refractivity (Wildman–Crippen MR) is 91.4 cm³/mol. The number of carbonyl (C=O) groups is 2. The quantitative estimate of drug-likeness (QED) is 0.741. The third-order valence-electron chi connectivity index (χ3n) is 4.51. The van der Waals surface area contributed by atoms with Gasteiger partial charge in [0.15, 0.2) is 28.8 Å².